The summed E-state index contributed by atoms with van der Waals surface area (Å²) in [5.41, 5.74) is -1.47. The van der Waals surface area contributed by atoms with Gasteiger partial charge in [-0.3, -0.25) is 4.79 Å². The maximum atomic E-state index is 11.3. The highest BCUT2D eigenvalue weighted by Crippen LogP contribution is 2.00. The van der Waals surface area contributed by atoms with Gasteiger partial charge in [-0.15, -0.1) is 0 Å². The molecule has 8 nitrogen and oxygen atoms in total. The fourth-order valence-corrected chi connectivity index (χ4v) is 1.55. The van der Waals surface area contributed by atoms with E-state index in [-0.39, 0.29) is 11.4 Å². The fourth-order valence-electron chi connectivity index (χ4n) is 0.967. The van der Waals surface area contributed by atoms with Gasteiger partial charge < -0.3 is 25.8 Å². The van der Waals surface area contributed by atoms with Crippen molar-refractivity contribution in [2.24, 2.45) is 0 Å². The molecule has 0 fully saturated rings. The summed E-state index contributed by atoms with van der Waals surface area (Å²) in [5.74, 6) is -1.43. The average molecular weight is 275 g/mol. The van der Waals surface area contributed by atoms with Crippen LogP contribution in [0.4, 0.5) is 4.79 Å². The molecule has 1 unspecified atom stereocenters. The van der Waals surface area contributed by atoms with E-state index in [1.165, 1.54) is 0 Å². The molecule has 0 radical (unpaired) electrons. The predicted molar refractivity (Wildman–Crippen MR) is 63.4 cm³/mol. The molecule has 0 aliphatic carbocycles. The average Bonchev–Trinajstić information content (AvgIpc) is 2.69. The zero-order chi connectivity index (χ0) is 13.8. The Morgan fingerprint density at radius 2 is 2.17 bits per heavy atom. The van der Waals surface area contributed by atoms with Crippen LogP contribution in [-0.4, -0.2) is 39.3 Å². The first-order chi connectivity index (χ1) is 8.31. The lowest BCUT2D eigenvalue weighted by molar-refractivity contribution is -0.155. The molecule has 1 heterocycles. The van der Waals surface area contributed by atoms with Gasteiger partial charge in [-0.05, 0) is 6.92 Å². The van der Waals surface area contributed by atoms with Gasteiger partial charge in [0.1, 0.15) is 0 Å². The number of carboxylic acid groups (broad SMARTS) is 1. The Hall–Kier alpha value is -1.87. The van der Waals surface area contributed by atoms with Crippen LogP contribution >= 0.6 is 11.3 Å². The van der Waals surface area contributed by atoms with Crippen LogP contribution < -0.4 is 15.5 Å². The molecule has 2 amide bonds. The fraction of sp³-hybridized carbons (Fsp3) is 0.444. The van der Waals surface area contributed by atoms with Gasteiger partial charge in [-0.25, -0.2) is 9.59 Å². The smallest absolute Gasteiger partial charge is 0.337 e. The van der Waals surface area contributed by atoms with Crippen molar-refractivity contribution in [2.75, 3.05) is 6.54 Å². The minimum Gasteiger partial charge on any atom is -0.479 e. The Balaban J connectivity index is 2.34. The van der Waals surface area contributed by atoms with Gasteiger partial charge >= 0.3 is 16.9 Å². The Kier molecular flexibility index (Phi) is 4.45. The van der Waals surface area contributed by atoms with Crippen molar-refractivity contribution < 1.29 is 19.8 Å². The molecule has 0 spiro atoms. The van der Waals surface area contributed by atoms with Crippen molar-refractivity contribution in [1.82, 2.24) is 15.6 Å². The summed E-state index contributed by atoms with van der Waals surface area (Å²) in [6.07, 6.45) is 0. The number of thiazole rings is 1. The summed E-state index contributed by atoms with van der Waals surface area (Å²) >= 11 is 0.977. The first-order valence-electron chi connectivity index (χ1n) is 4.95. The minimum absolute atomic E-state index is 0.111. The first-order valence-corrected chi connectivity index (χ1v) is 5.83. The van der Waals surface area contributed by atoms with Crippen molar-refractivity contribution >= 4 is 23.3 Å². The van der Waals surface area contributed by atoms with E-state index in [2.05, 4.69) is 15.6 Å². The highest BCUT2D eigenvalue weighted by Gasteiger charge is 2.30. The maximum absolute atomic E-state index is 11.3. The summed E-state index contributed by atoms with van der Waals surface area (Å²) < 4.78 is 0. The molecular weight excluding hydrogens is 262 g/mol. The molecule has 0 saturated carbocycles. The first kappa shape index (κ1) is 14.2. The third-order valence-corrected chi connectivity index (χ3v) is 2.78. The van der Waals surface area contributed by atoms with Gasteiger partial charge in [0.05, 0.1) is 13.1 Å². The minimum atomic E-state index is -2.02. The maximum Gasteiger partial charge on any atom is 0.337 e. The Bertz CT molecular complexity index is 492. The summed E-state index contributed by atoms with van der Waals surface area (Å²) in [6, 6.07) is -0.636. The van der Waals surface area contributed by atoms with Gasteiger partial charge in [-0.2, -0.15) is 0 Å². The summed E-state index contributed by atoms with van der Waals surface area (Å²) in [7, 11) is 0. The molecule has 1 rings (SSSR count). The molecule has 0 aliphatic rings. The van der Waals surface area contributed by atoms with E-state index in [0.29, 0.717) is 5.69 Å². The SMILES string of the molecule is CC(O)(CNC(=O)NCc1csc(=O)[nH]1)C(=O)O. The normalized spacial score (nSPS) is 13.7. The van der Waals surface area contributed by atoms with Crippen molar-refractivity contribution in [3.05, 3.63) is 20.7 Å². The Morgan fingerprint density at radius 3 is 2.67 bits per heavy atom. The van der Waals surface area contributed by atoms with E-state index in [1.807, 2.05) is 0 Å². The van der Waals surface area contributed by atoms with Crippen LogP contribution in [0.3, 0.4) is 0 Å². The number of aliphatic hydroxyl groups is 1. The van der Waals surface area contributed by atoms with Crippen LogP contribution in [0.25, 0.3) is 0 Å². The van der Waals surface area contributed by atoms with E-state index < -0.39 is 24.1 Å². The summed E-state index contributed by atoms with van der Waals surface area (Å²) in [5, 5.41) is 24.1. The van der Waals surface area contributed by atoms with Gasteiger partial charge in [0.25, 0.3) is 0 Å². The lowest BCUT2D eigenvalue weighted by atomic mass is 10.1. The number of carboxylic acids is 1. The topological polar surface area (TPSA) is 132 Å². The molecule has 5 N–H and O–H groups in total. The Labute approximate surface area is 106 Å². The number of carbonyl (C=O) groups is 2. The van der Waals surface area contributed by atoms with Crippen LogP contribution in [0.5, 0.6) is 0 Å². The second-order valence-corrected chi connectivity index (χ2v) is 4.63. The lowest BCUT2D eigenvalue weighted by Gasteiger charge is -2.18. The number of H-pyrrole nitrogens is 1. The van der Waals surface area contributed by atoms with Gasteiger partial charge in [0, 0.05) is 11.1 Å². The van der Waals surface area contributed by atoms with Crippen molar-refractivity contribution in [3.63, 3.8) is 0 Å². The van der Waals surface area contributed by atoms with Crippen molar-refractivity contribution in [2.45, 2.75) is 19.1 Å². The number of hydrogen-bond donors (Lipinski definition) is 5. The molecular formula is C9H13N3O5S. The monoisotopic (exact) mass is 275 g/mol. The molecule has 0 saturated heterocycles. The van der Waals surface area contributed by atoms with Crippen LogP contribution in [0.1, 0.15) is 12.6 Å². The van der Waals surface area contributed by atoms with Crippen LogP contribution in [0, 0.1) is 0 Å². The molecule has 0 aromatic carbocycles. The number of aromatic nitrogens is 1. The quantitative estimate of drug-likeness (QED) is 0.474. The van der Waals surface area contributed by atoms with E-state index in [0.717, 1.165) is 18.3 Å². The lowest BCUT2D eigenvalue weighted by Crippen LogP contribution is -2.49. The van der Waals surface area contributed by atoms with Crippen molar-refractivity contribution in [3.8, 4) is 0 Å². The number of nitrogens with one attached hydrogen (secondary N) is 3. The molecule has 1 aromatic rings. The van der Waals surface area contributed by atoms with Gasteiger partial charge in [0.15, 0.2) is 5.60 Å². The standard InChI is InChI=1S/C9H13N3O5S/c1-9(17,6(13)14)4-11-7(15)10-2-5-3-18-8(16)12-5/h3,17H,2,4H2,1H3,(H,12,16)(H,13,14)(H2,10,11,15). The second kappa shape index (κ2) is 5.65. The van der Waals surface area contributed by atoms with Gasteiger partial charge in [-0.1, -0.05) is 11.3 Å². The Morgan fingerprint density at radius 1 is 1.50 bits per heavy atom. The highest BCUT2D eigenvalue weighted by atomic mass is 32.1. The third-order valence-electron chi connectivity index (χ3n) is 2.06. The number of amides is 2. The number of carbonyl (C=O) groups excluding carboxylic acids is 1. The van der Waals surface area contributed by atoms with E-state index >= 15 is 0 Å². The van der Waals surface area contributed by atoms with Crippen LogP contribution in [0.15, 0.2) is 10.2 Å². The van der Waals surface area contributed by atoms with E-state index in [4.69, 9.17) is 5.11 Å². The summed E-state index contributed by atoms with van der Waals surface area (Å²) in [4.78, 5) is 34.9. The zero-order valence-electron chi connectivity index (χ0n) is 9.52. The molecule has 0 aliphatic heterocycles. The third kappa shape index (κ3) is 4.18. The van der Waals surface area contributed by atoms with Crippen molar-refractivity contribution in [1.29, 1.82) is 0 Å². The molecule has 9 heteroatoms. The number of hydrogen-bond acceptors (Lipinski definition) is 5. The van der Waals surface area contributed by atoms with Crippen LogP contribution in [0.2, 0.25) is 0 Å². The van der Waals surface area contributed by atoms with Gasteiger partial charge in [0.2, 0.25) is 0 Å². The number of urea groups is 1. The molecule has 18 heavy (non-hydrogen) atoms. The molecule has 1 aromatic heterocycles. The number of aliphatic carboxylic acids is 1. The number of rotatable bonds is 5. The van der Waals surface area contributed by atoms with Crippen LogP contribution in [-0.2, 0) is 11.3 Å². The molecule has 0 bridgehead atoms. The predicted octanol–water partition coefficient (Wildman–Crippen LogP) is -0.929. The number of aromatic amines is 1. The van der Waals surface area contributed by atoms with E-state index in [9.17, 15) is 19.5 Å². The molecule has 100 valence electrons. The zero-order valence-corrected chi connectivity index (χ0v) is 10.3. The second-order valence-electron chi connectivity index (χ2n) is 3.79. The van der Waals surface area contributed by atoms with E-state index in [1.54, 1.807) is 5.38 Å². The largest absolute Gasteiger partial charge is 0.479 e. The molecule has 1 atom stereocenters. The summed E-state index contributed by atoms with van der Waals surface area (Å²) in [6.45, 7) is 0.764. The highest BCUT2D eigenvalue weighted by molar-refractivity contribution is 7.07.